The molecule has 1 aliphatic heterocycles. The highest BCUT2D eigenvalue weighted by Crippen LogP contribution is 2.26. The van der Waals surface area contributed by atoms with Crippen molar-refractivity contribution in [3.05, 3.63) is 71.4 Å². The van der Waals surface area contributed by atoms with Gasteiger partial charge in [0, 0.05) is 42.2 Å². The van der Waals surface area contributed by atoms with E-state index in [1.807, 2.05) is 37.3 Å². The highest BCUT2D eigenvalue weighted by atomic mass is 19.4. The summed E-state index contributed by atoms with van der Waals surface area (Å²) in [6.07, 6.45) is -4.81. The molecule has 3 aromatic rings. The predicted molar refractivity (Wildman–Crippen MR) is 143 cm³/mol. The van der Waals surface area contributed by atoms with Crippen molar-refractivity contribution in [1.82, 2.24) is 20.7 Å². The Labute approximate surface area is 238 Å². The maximum Gasteiger partial charge on any atom is 0.490 e. The Morgan fingerprint density at radius 3 is 2.31 bits per heavy atom. The lowest BCUT2D eigenvalue weighted by molar-refractivity contribution is -0.192. The molecule has 2 heterocycles. The summed E-state index contributed by atoms with van der Waals surface area (Å²) in [6.45, 7) is 4.36. The quantitative estimate of drug-likeness (QED) is 0.241. The molecule has 2 aromatic carbocycles. The number of halogens is 3. The molecule has 14 heteroatoms. The van der Waals surface area contributed by atoms with Gasteiger partial charge < -0.3 is 20.1 Å². The Hall–Kier alpha value is -4.72. The van der Waals surface area contributed by atoms with Gasteiger partial charge in [0.15, 0.2) is 0 Å². The molecule has 11 nitrogen and oxygen atoms in total. The van der Waals surface area contributed by atoms with Gasteiger partial charge in [-0.25, -0.2) is 10.3 Å². The van der Waals surface area contributed by atoms with E-state index in [0.29, 0.717) is 30.9 Å². The van der Waals surface area contributed by atoms with E-state index in [-0.39, 0.29) is 24.8 Å². The zero-order valence-electron chi connectivity index (χ0n) is 22.7. The molecule has 42 heavy (non-hydrogen) atoms. The van der Waals surface area contributed by atoms with Gasteiger partial charge in [0.25, 0.3) is 5.91 Å². The topological polar surface area (TPSA) is 158 Å². The van der Waals surface area contributed by atoms with Gasteiger partial charge in [-0.05, 0) is 49.7 Å². The van der Waals surface area contributed by atoms with Gasteiger partial charge in [-0.1, -0.05) is 18.2 Å². The second-order valence-electron chi connectivity index (χ2n) is 9.69. The molecule has 0 saturated carbocycles. The number of amides is 3. The van der Waals surface area contributed by atoms with Crippen LogP contribution >= 0.6 is 0 Å². The Balaban J connectivity index is 0.000000616. The first-order valence-electron chi connectivity index (χ1n) is 12.6. The van der Waals surface area contributed by atoms with Crippen LogP contribution in [0.25, 0.3) is 10.9 Å². The number of nitrogens with zero attached hydrogens (tertiary/aromatic N) is 2. The molecule has 1 unspecified atom stereocenters. The van der Waals surface area contributed by atoms with Crippen molar-refractivity contribution in [1.29, 1.82) is 0 Å². The summed E-state index contributed by atoms with van der Waals surface area (Å²) in [4.78, 5) is 51.6. The van der Waals surface area contributed by atoms with E-state index in [9.17, 15) is 27.6 Å². The van der Waals surface area contributed by atoms with Crippen LogP contribution in [0.3, 0.4) is 0 Å². The minimum absolute atomic E-state index is 0.135. The molecule has 1 aliphatic rings. The van der Waals surface area contributed by atoms with E-state index >= 15 is 0 Å². The number of hydrogen-bond donors (Lipinski definition) is 4. The molecule has 0 aliphatic carbocycles. The SMILES string of the molecule is CC(=O)N1CCC(CC(=O)NO)(NC(=O)c2ccc(OCc3cc(C)nc4ccccc34)cc2)C1.O=C(O)C(F)(F)F. The number of carboxylic acid groups (broad SMARTS) is 1. The minimum atomic E-state index is -5.08. The van der Waals surface area contributed by atoms with Crippen molar-refractivity contribution in [2.24, 2.45) is 0 Å². The number of aromatic nitrogens is 1. The molecule has 1 atom stereocenters. The molecular weight excluding hydrogens is 561 g/mol. The number of aryl methyl sites for hydroxylation is 1. The number of para-hydroxylation sites is 1. The van der Waals surface area contributed by atoms with Crippen LogP contribution in [-0.2, 0) is 21.0 Å². The number of carbonyl (C=O) groups is 4. The fourth-order valence-electron chi connectivity index (χ4n) is 4.47. The van der Waals surface area contributed by atoms with Crippen molar-refractivity contribution < 1.29 is 47.4 Å². The van der Waals surface area contributed by atoms with E-state index in [2.05, 4.69) is 10.3 Å². The third kappa shape index (κ3) is 8.39. The first-order chi connectivity index (χ1) is 19.7. The zero-order valence-corrected chi connectivity index (χ0v) is 22.7. The van der Waals surface area contributed by atoms with Crippen LogP contribution in [0.1, 0.15) is 41.4 Å². The number of hydrogen-bond acceptors (Lipinski definition) is 7. The van der Waals surface area contributed by atoms with Crippen LogP contribution in [-0.4, -0.2) is 68.7 Å². The third-order valence-corrected chi connectivity index (χ3v) is 6.48. The molecule has 1 aromatic heterocycles. The summed E-state index contributed by atoms with van der Waals surface area (Å²) in [7, 11) is 0. The van der Waals surface area contributed by atoms with Crippen molar-refractivity contribution in [3.8, 4) is 5.75 Å². The molecule has 4 rings (SSSR count). The van der Waals surface area contributed by atoms with Crippen LogP contribution in [0, 0.1) is 6.92 Å². The number of likely N-dealkylation sites (tertiary alicyclic amines) is 1. The van der Waals surface area contributed by atoms with Crippen molar-refractivity contribution >= 4 is 34.6 Å². The summed E-state index contributed by atoms with van der Waals surface area (Å²) in [5.74, 6) is -3.28. The van der Waals surface area contributed by atoms with Crippen LogP contribution < -0.4 is 15.5 Å². The Morgan fingerprint density at radius 1 is 1.10 bits per heavy atom. The second-order valence-corrected chi connectivity index (χ2v) is 9.69. The molecule has 3 amide bonds. The van der Waals surface area contributed by atoms with Gasteiger partial charge in [-0.2, -0.15) is 13.2 Å². The van der Waals surface area contributed by atoms with Gasteiger partial charge in [-0.15, -0.1) is 0 Å². The first-order valence-corrected chi connectivity index (χ1v) is 12.6. The lowest BCUT2D eigenvalue weighted by atomic mass is 9.93. The van der Waals surface area contributed by atoms with E-state index in [1.54, 1.807) is 34.6 Å². The van der Waals surface area contributed by atoms with Crippen LogP contribution in [0.2, 0.25) is 0 Å². The average Bonchev–Trinajstić information content (AvgIpc) is 3.35. The largest absolute Gasteiger partial charge is 0.490 e. The number of carbonyl (C=O) groups excluding carboxylic acids is 3. The smallest absolute Gasteiger partial charge is 0.489 e. The second kappa shape index (κ2) is 13.3. The normalized spacial score (nSPS) is 16.3. The summed E-state index contributed by atoms with van der Waals surface area (Å²) in [6, 6.07) is 16.6. The summed E-state index contributed by atoms with van der Waals surface area (Å²) in [5.41, 5.74) is 3.90. The minimum Gasteiger partial charge on any atom is -0.489 e. The van der Waals surface area contributed by atoms with E-state index in [4.69, 9.17) is 19.8 Å². The molecule has 0 radical (unpaired) electrons. The number of alkyl halides is 3. The lowest BCUT2D eigenvalue weighted by Crippen LogP contribution is -2.53. The van der Waals surface area contributed by atoms with Gasteiger partial charge >= 0.3 is 12.1 Å². The predicted octanol–water partition coefficient (Wildman–Crippen LogP) is 3.37. The zero-order chi connectivity index (χ0) is 31.1. The van der Waals surface area contributed by atoms with Crippen LogP contribution in [0.5, 0.6) is 5.75 Å². The van der Waals surface area contributed by atoms with E-state index in [1.165, 1.54) is 6.92 Å². The highest BCUT2D eigenvalue weighted by Gasteiger charge is 2.42. The Morgan fingerprint density at radius 2 is 1.74 bits per heavy atom. The highest BCUT2D eigenvalue weighted by molar-refractivity contribution is 5.95. The van der Waals surface area contributed by atoms with E-state index in [0.717, 1.165) is 22.2 Å². The first kappa shape index (κ1) is 31.8. The number of ether oxygens (including phenoxy) is 1. The summed E-state index contributed by atoms with van der Waals surface area (Å²) in [5, 5.41) is 20.0. The average molecular weight is 591 g/mol. The van der Waals surface area contributed by atoms with Crippen molar-refractivity contribution in [2.45, 2.75) is 45.0 Å². The summed E-state index contributed by atoms with van der Waals surface area (Å²) < 4.78 is 37.7. The molecule has 0 spiro atoms. The molecule has 0 bridgehead atoms. The molecular formula is C28H29F3N4O7. The molecule has 1 fully saturated rings. The summed E-state index contributed by atoms with van der Waals surface area (Å²) >= 11 is 0. The fourth-order valence-corrected chi connectivity index (χ4v) is 4.47. The number of carboxylic acids is 1. The van der Waals surface area contributed by atoms with Crippen molar-refractivity contribution in [3.63, 3.8) is 0 Å². The fraction of sp³-hybridized carbons (Fsp3) is 0.321. The van der Waals surface area contributed by atoms with Gasteiger partial charge in [0.2, 0.25) is 11.8 Å². The maximum absolute atomic E-state index is 13.0. The standard InChI is InChI=1S/C26H28N4O5.C2HF3O2/c1-17-13-20(22-5-3-4-6-23(22)27-17)15-35-21-9-7-19(8-10-21)25(33)28-26(14-24(32)29-34)11-12-30(16-26)18(2)31;3-2(4,5)1(6)7/h3-10,13,34H,11-12,14-16H2,1-2H3,(H,28,33)(H,29,32);(H,6,7). The number of pyridine rings is 1. The number of aliphatic carboxylic acids is 1. The van der Waals surface area contributed by atoms with Gasteiger partial charge in [0.05, 0.1) is 17.5 Å². The molecule has 224 valence electrons. The lowest BCUT2D eigenvalue weighted by Gasteiger charge is -2.29. The number of rotatable bonds is 7. The number of benzene rings is 2. The maximum atomic E-state index is 13.0. The number of fused-ring (bicyclic) bond motifs is 1. The van der Waals surface area contributed by atoms with Crippen molar-refractivity contribution in [2.75, 3.05) is 13.1 Å². The monoisotopic (exact) mass is 590 g/mol. The number of hydroxylamine groups is 1. The molecule has 1 saturated heterocycles. The number of nitrogens with one attached hydrogen (secondary N) is 2. The van der Waals surface area contributed by atoms with Gasteiger partial charge in [0.1, 0.15) is 12.4 Å². The Bertz CT molecular complexity index is 1460. The third-order valence-electron chi connectivity index (χ3n) is 6.48. The van der Waals surface area contributed by atoms with E-state index < -0.39 is 23.6 Å². The van der Waals surface area contributed by atoms with Gasteiger partial charge in [-0.3, -0.25) is 24.6 Å². The Kier molecular flexibility index (Phi) is 10.1. The van der Waals surface area contributed by atoms with Crippen LogP contribution in [0.15, 0.2) is 54.6 Å². The molecule has 4 N–H and O–H groups in total. The van der Waals surface area contributed by atoms with Crippen LogP contribution in [0.4, 0.5) is 13.2 Å².